The Morgan fingerprint density at radius 2 is 2.05 bits per heavy atom. The van der Waals surface area contributed by atoms with Crippen LogP contribution in [0.5, 0.6) is 0 Å². The van der Waals surface area contributed by atoms with Crippen molar-refractivity contribution in [3.8, 4) is 0 Å². The molecule has 1 aromatic carbocycles. The summed E-state index contributed by atoms with van der Waals surface area (Å²) in [6, 6.07) is 5.52. The third-order valence-electron chi connectivity index (χ3n) is 2.77. The summed E-state index contributed by atoms with van der Waals surface area (Å²) in [5.74, 6) is -1.78. The van der Waals surface area contributed by atoms with Gasteiger partial charge in [-0.2, -0.15) is 0 Å². The molecule has 1 N–H and O–H groups in total. The summed E-state index contributed by atoms with van der Waals surface area (Å²) < 4.78 is 26.4. The van der Waals surface area contributed by atoms with Gasteiger partial charge >= 0.3 is 0 Å². The van der Waals surface area contributed by atoms with Gasteiger partial charge in [-0.3, -0.25) is 4.79 Å². The molecule has 0 saturated carbocycles. The first-order valence-corrected chi connectivity index (χ1v) is 6.22. The van der Waals surface area contributed by atoms with E-state index in [0.717, 1.165) is 12.1 Å². The highest BCUT2D eigenvalue weighted by Crippen LogP contribution is 2.18. The Bertz CT molecular complexity index is 649. The molecule has 0 aliphatic rings. The van der Waals surface area contributed by atoms with Crippen molar-refractivity contribution in [2.45, 2.75) is 13.0 Å². The van der Waals surface area contributed by atoms with Gasteiger partial charge in [-0.1, -0.05) is 17.7 Å². The summed E-state index contributed by atoms with van der Waals surface area (Å²) in [6.45, 7) is 1.61. The molecule has 1 heterocycles. The van der Waals surface area contributed by atoms with E-state index in [4.69, 9.17) is 11.6 Å². The molecule has 2 rings (SSSR count). The van der Waals surface area contributed by atoms with Gasteiger partial charge < -0.3 is 5.32 Å². The smallest absolute Gasteiger partial charge is 0.251 e. The van der Waals surface area contributed by atoms with E-state index < -0.39 is 23.6 Å². The molecule has 0 radical (unpaired) electrons. The molecular formula is C14H11ClF2N2O. The lowest BCUT2D eigenvalue weighted by atomic mass is 10.1. The Hall–Kier alpha value is -2.01. The van der Waals surface area contributed by atoms with Gasteiger partial charge in [0.1, 0.15) is 16.8 Å². The predicted octanol–water partition coefficient (Wildman–Crippen LogP) is 3.50. The number of benzene rings is 1. The topological polar surface area (TPSA) is 42.0 Å². The van der Waals surface area contributed by atoms with Crippen LogP contribution in [0.2, 0.25) is 5.15 Å². The monoisotopic (exact) mass is 296 g/mol. The van der Waals surface area contributed by atoms with Crippen LogP contribution in [0.1, 0.15) is 28.9 Å². The lowest BCUT2D eigenvalue weighted by Crippen LogP contribution is -2.27. The summed E-state index contributed by atoms with van der Waals surface area (Å²) in [5.41, 5.74) is 0.527. The van der Waals surface area contributed by atoms with Crippen molar-refractivity contribution in [3.05, 3.63) is 64.4 Å². The average Bonchev–Trinajstić information content (AvgIpc) is 2.38. The molecule has 1 unspecified atom stereocenters. The third-order valence-corrected chi connectivity index (χ3v) is 2.97. The SMILES string of the molecule is CC(NC(=O)c1ccnc(Cl)c1)c1ccc(F)cc1F. The number of aromatic nitrogens is 1. The highest BCUT2D eigenvalue weighted by molar-refractivity contribution is 6.29. The lowest BCUT2D eigenvalue weighted by molar-refractivity contribution is 0.0939. The van der Waals surface area contributed by atoms with E-state index in [9.17, 15) is 13.6 Å². The molecule has 1 amide bonds. The Balaban J connectivity index is 2.15. The van der Waals surface area contributed by atoms with E-state index in [2.05, 4.69) is 10.3 Å². The number of amides is 1. The maximum Gasteiger partial charge on any atom is 0.251 e. The zero-order valence-electron chi connectivity index (χ0n) is 10.5. The summed E-state index contributed by atoms with van der Waals surface area (Å²) in [4.78, 5) is 15.7. The van der Waals surface area contributed by atoms with E-state index in [0.29, 0.717) is 5.56 Å². The Morgan fingerprint density at radius 1 is 1.30 bits per heavy atom. The third kappa shape index (κ3) is 3.30. The Kier molecular flexibility index (Phi) is 4.29. The molecule has 0 fully saturated rings. The summed E-state index contributed by atoms with van der Waals surface area (Å²) >= 11 is 5.69. The number of carbonyl (C=O) groups excluding carboxylic acids is 1. The zero-order valence-corrected chi connectivity index (χ0v) is 11.3. The summed E-state index contributed by atoms with van der Waals surface area (Å²) in [5, 5.41) is 2.81. The molecular weight excluding hydrogens is 286 g/mol. The molecule has 0 spiro atoms. The van der Waals surface area contributed by atoms with E-state index in [-0.39, 0.29) is 10.7 Å². The highest BCUT2D eigenvalue weighted by atomic mass is 35.5. The number of rotatable bonds is 3. The Morgan fingerprint density at radius 3 is 2.70 bits per heavy atom. The van der Waals surface area contributed by atoms with Crippen LogP contribution in [-0.2, 0) is 0 Å². The number of pyridine rings is 1. The molecule has 3 nitrogen and oxygen atoms in total. The van der Waals surface area contributed by atoms with E-state index in [1.165, 1.54) is 24.4 Å². The maximum atomic E-state index is 13.6. The molecule has 20 heavy (non-hydrogen) atoms. The van der Waals surface area contributed by atoms with Gasteiger partial charge in [0.25, 0.3) is 5.91 Å². The molecule has 0 aliphatic carbocycles. The van der Waals surface area contributed by atoms with Crippen molar-refractivity contribution >= 4 is 17.5 Å². The molecule has 0 saturated heterocycles. The van der Waals surface area contributed by atoms with Gasteiger partial charge in [0.05, 0.1) is 6.04 Å². The molecule has 1 aromatic heterocycles. The fraction of sp³-hybridized carbons (Fsp3) is 0.143. The van der Waals surface area contributed by atoms with Gasteiger partial charge in [-0.25, -0.2) is 13.8 Å². The van der Waals surface area contributed by atoms with E-state index >= 15 is 0 Å². The van der Waals surface area contributed by atoms with Crippen LogP contribution in [0, 0.1) is 11.6 Å². The first kappa shape index (κ1) is 14.4. The number of hydrogen-bond donors (Lipinski definition) is 1. The minimum atomic E-state index is -0.703. The first-order chi connectivity index (χ1) is 9.47. The van der Waals surface area contributed by atoms with Crippen molar-refractivity contribution < 1.29 is 13.6 Å². The fourth-order valence-electron chi connectivity index (χ4n) is 1.75. The molecule has 6 heteroatoms. The minimum absolute atomic E-state index is 0.193. The molecule has 0 bridgehead atoms. The second-order valence-corrected chi connectivity index (χ2v) is 4.62. The van der Waals surface area contributed by atoms with Gasteiger partial charge in [0.15, 0.2) is 0 Å². The van der Waals surface area contributed by atoms with Crippen molar-refractivity contribution in [3.63, 3.8) is 0 Å². The summed E-state index contributed by atoms with van der Waals surface area (Å²) in [7, 11) is 0. The van der Waals surface area contributed by atoms with Crippen molar-refractivity contribution in [1.82, 2.24) is 10.3 Å². The fourth-order valence-corrected chi connectivity index (χ4v) is 1.93. The van der Waals surface area contributed by atoms with Crippen LogP contribution in [0.4, 0.5) is 8.78 Å². The van der Waals surface area contributed by atoms with Crippen LogP contribution in [0.3, 0.4) is 0 Å². The van der Waals surface area contributed by atoms with Gasteiger partial charge in [-0.15, -0.1) is 0 Å². The van der Waals surface area contributed by atoms with Crippen molar-refractivity contribution in [1.29, 1.82) is 0 Å². The van der Waals surface area contributed by atoms with Crippen LogP contribution in [0.25, 0.3) is 0 Å². The number of nitrogens with one attached hydrogen (secondary N) is 1. The number of halogens is 3. The second kappa shape index (κ2) is 5.96. The largest absolute Gasteiger partial charge is 0.345 e. The van der Waals surface area contributed by atoms with Gasteiger partial charge in [0, 0.05) is 23.4 Å². The predicted molar refractivity (Wildman–Crippen MR) is 71.5 cm³/mol. The first-order valence-electron chi connectivity index (χ1n) is 5.84. The molecule has 0 aliphatic heterocycles. The molecule has 2 aromatic rings. The normalized spacial score (nSPS) is 12.0. The van der Waals surface area contributed by atoms with Crippen molar-refractivity contribution in [2.24, 2.45) is 0 Å². The maximum absolute atomic E-state index is 13.6. The van der Waals surface area contributed by atoms with Crippen molar-refractivity contribution in [2.75, 3.05) is 0 Å². The Labute approximate surface area is 119 Å². The van der Waals surface area contributed by atoms with Crippen LogP contribution >= 0.6 is 11.6 Å². The standard InChI is InChI=1S/C14H11ClF2N2O/c1-8(11-3-2-10(16)7-12(11)17)19-14(20)9-4-5-18-13(15)6-9/h2-8H,1H3,(H,19,20). The van der Waals surface area contributed by atoms with Gasteiger partial charge in [-0.05, 0) is 25.1 Å². The number of hydrogen-bond acceptors (Lipinski definition) is 2. The minimum Gasteiger partial charge on any atom is -0.345 e. The number of carbonyl (C=O) groups is 1. The lowest BCUT2D eigenvalue weighted by Gasteiger charge is -2.15. The molecule has 1 atom stereocenters. The van der Waals surface area contributed by atoms with Crippen LogP contribution in [-0.4, -0.2) is 10.9 Å². The van der Waals surface area contributed by atoms with Crippen LogP contribution < -0.4 is 5.32 Å². The number of nitrogens with zero attached hydrogens (tertiary/aromatic N) is 1. The highest BCUT2D eigenvalue weighted by Gasteiger charge is 2.15. The zero-order chi connectivity index (χ0) is 14.7. The van der Waals surface area contributed by atoms with Crippen LogP contribution in [0.15, 0.2) is 36.5 Å². The van der Waals surface area contributed by atoms with Gasteiger partial charge in [0.2, 0.25) is 0 Å². The summed E-state index contributed by atoms with van der Waals surface area (Å²) in [6.07, 6.45) is 1.40. The second-order valence-electron chi connectivity index (χ2n) is 4.23. The quantitative estimate of drug-likeness (QED) is 0.881. The van der Waals surface area contributed by atoms with E-state index in [1.807, 2.05) is 0 Å². The average molecular weight is 297 g/mol. The van der Waals surface area contributed by atoms with E-state index in [1.54, 1.807) is 6.92 Å². The molecule has 104 valence electrons.